The third kappa shape index (κ3) is 2.91. The van der Waals surface area contributed by atoms with Crippen LogP contribution in [0, 0.1) is 0 Å². The lowest BCUT2D eigenvalue weighted by Gasteiger charge is -2.32. The van der Waals surface area contributed by atoms with Gasteiger partial charge >= 0.3 is 0 Å². The van der Waals surface area contributed by atoms with Gasteiger partial charge in [-0.2, -0.15) is 4.31 Å². The van der Waals surface area contributed by atoms with Crippen LogP contribution >= 0.6 is 38.9 Å². The summed E-state index contributed by atoms with van der Waals surface area (Å²) in [7, 11) is -3.38. The van der Waals surface area contributed by atoms with Crippen LogP contribution in [0.15, 0.2) is 14.1 Å². The molecular weight excluding hydrogens is 360 g/mol. The normalized spacial score (nSPS) is 19.3. The molecule has 0 spiro atoms. The Bertz CT molecular complexity index is 504. The molecule has 0 amide bonds. The van der Waals surface area contributed by atoms with E-state index in [0.717, 1.165) is 31.0 Å². The first-order valence-electron chi connectivity index (χ1n) is 5.62. The first kappa shape index (κ1) is 14.7. The van der Waals surface area contributed by atoms with Gasteiger partial charge in [-0.25, -0.2) is 8.42 Å². The van der Waals surface area contributed by atoms with Crippen molar-refractivity contribution < 1.29 is 8.42 Å². The van der Waals surface area contributed by atoms with Crippen molar-refractivity contribution in [2.75, 3.05) is 32.7 Å². The minimum absolute atomic E-state index is 0.310. The third-order valence-corrected chi connectivity index (χ3v) is 7.82. The Balaban J connectivity index is 2.17. The molecule has 18 heavy (non-hydrogen) atoms. The average molecular weight is 374 g/mol. The van der Waals surface area contributed by atoms with Gasteiger partial charge in [0.25, 0.3) is 10.0 Å². The van der Waals surface area contributed by atoms with Crippen molar-refractivity contribution in [3.8, 4) is 0 Å². The number of halogens is 2. The van der Waals surface area contributed by atoms with Gasteiger partial charge in [0.05, 0.1) is 8.81 Å². The number of rotatable bonds is 3. The molecule has 0 saturated carbocycles. The molecule has 0 atom stereocenters. The predicted octanol–water partition coefficient (Wildman–Crippen LogP) is 2.49. The van der Waals surface area contributed by atoms with Crippen LogP contribution < -0.4 is 0 Å². The number of nitrogens with zero attached hydrogens (tertiary/aromatic N) is 2. The molecule has 1 fully saturated rings. The number of likely N-dealkylation sites (N-methyl/N-ethyl adjacent to an activating group) is 1. The minimum Gasteiger partial charge on any atom is -0.301 e. The zero-order chi connectivity index (χ0) is 13.3. The van der Waals surface area contributed by atoms with Gasteiger partial charge < -0.3 is 4.90 Å². The quantitative estimate of drug-likeness (QED) is 0.817. The van der Waals surface area contributed by atoms with Crippen molar-refractivity contribution in [2.24, 2.45) is 0 Å². The lowest BCUT2D eigenvalue weighted by molar-refractivity contribution is 0.196. The summed E-state index contributed by atoms with van der Waals surface area (Å²) in [6.07, 6.45) is 0. The first-order valence-corrected chi connectivity index (χ1v) is 9.05. The summed E-state index contributed by atoms with van der Waals surface area (Å²) in [5.74, 6) is 0. The zero-order valence-electron chi connectivity index (χ0n) is 9.90. The number of hydrogen-bond acceptors (Lipinski definition) is 4. The highest BCUT2D eigenvalue weighted by Gasteiger charge is 2.29. The third-order valence-electron chi connectivity index (χ3n) is 3.00. The smallest absolute Gasteiger partial charge is 0.252 e. The van der Waals surface area contributed by atoms with E-state index in [1.165, 1.54) is 10.4 Å². The summed E-state index contributed by atoms with van der Waals surface area (Å²) in [6.45, 7) is 5.71. The summed E-state index contributed by atoms with van der Waals surface area (Å²) in [5.41, 5.74) is 0. The Hall–Kier alpha value is 0.340. The summed E-state index contributed by atoms with van der Waals surface area (Å²) < 4.78 is 27.3. The molecule has 1 aliphatic rings. The molecule has 1 saturated heterocycles. The van der Waals surface area contributed by atoms with Crippen LogP contribution in [0.25, 0.3) is 0 Å². The highest BCUT2D eigenvalue weighted by Crippen LogP contribution is 2.36. The molecule has 2 rings (SSSR count). The van der Waals surface area contributed by atoms with Gasteiger partial charge in [0.2, 0.25) is 0 Å². The molecule has 0 aromatic carbocycles. The van der Waals surface area contributed by atoms with Gasteiger partial charge in [0, 0.05) is 26.2 Å². The van der Waals surface area contributed by atoms with Crippen molar-refractivity contribution >= 4 is 48.9 Å². The van der Waals surface area contributed by atoms with Crippen LogP contribution in [0.3, 0.4) is 0 Å². The standard InChI is InChI=1S/C10H14BrClN2O2S2/c1-2-13-3-5-14(6-4-13)18(15,16)9-7-8(12)10(11)17-9/h7H,2-6H2,1H3. The molecule has 0 aliphatic carbocycles. The Kier molecular flexibility index (Phi) is 4.72. The molecule has 0 unspecified atom stereocenters. The summed E-state index contributed by atoms with van der Waals surface area (Å²) in [6, 6.07) is 1.51. The first-order chi connectivity index (χ1) is 8.45. The van der Waals surface area contributed by atoms with Crippen LogP contribution in [0.4, 0.5) is 0 Å². The second kappa shape index (κ2) is 5.76. The van der Waals surface area contributed by atoms with Crippen molar-refractivity contribution in [1.29, 1.82) is 0 Å². The number of piperazine rings is 1. The van der Waals surface area contributed by atoms with Gasteiger partial charge in [0.1, 0.15) is 4.21 Å². The fourth-order valence-corrected chi connectivity index (χ4v) is 5.84. The van der Waals surface area contributed by atoms with Crippen LogP contribution in [-0.4, -0.2) is 50.3 Å². The molecule has 8 heteroatoms. The van der Waals surface area contributed by atoms with Gasteiger partial charge in [-0.05, 0) is 28.5 Å². The highest BCUT2D eigenvalue weighted by atomic mass is 79.9. The molecular formula is C10H14BrClN2O2S2. The van der Waals surface area contributed by atoms with E-state index >= 15 is 0 Å². The van der Waals surface area contributed by atoms with Crippen LogP contribution in [0.5, 0.6) is 0 Å². The van der Waals surface area contributed by atoms with Gasteiger partial charge in [-0.1, -0.05) is 18.5 Å². The van der Waals surface area contributed by atoms with Crippen molar-refractivity contribution in [2.45, 2.75) is 11.1 Å². The fourth-order valence-electron chi connectivity index (χ4n) is 1.87. The Morgan fingerprint density at radius 1 is 1.39 bits per heavy atom. The van der Waals surface area contributed by atoms with Crippen molar-refractivity contribution in [1.82, 2.24) is 9.21 Å². The molecule has 0 N–H and O–H groups in total. The maximum Gasteiger partial charge on any atom is 0.252 e. The van der Waals surface area contributed by atoms with E-state index in [0.29, 0.717) is 26.1 Å². The Labute approximate surface area is 125 Å². The molecule has 0 bridgehead atoms. The van der Waals surface area contributed by atoms with Crippen molar-refractivity contribution in [3.63, 3.8) is 0 Å². The van der Waals surface area contributed by atoms with Gasteiger partial charge in [-0.15, -0.1) is 11.3 Å². The molecule has 102 valence electrons. The lowest BCUT2D eigenvalue weighted by Crippen LogP contribution is -2.48. The monoisotopic (exact) mass is 372 g/mol. The molecule has 2 heterocycles. The maximum atomic E-state index is 12.4. The van der Waals surface area contributed by atoms with Gasteiger partial charge in [-0.3, -0.25) is 0 Å². The van der Waals surface area contributed by atoms with E-state index in [1.807, 2.05) is 0 Å². The van der Waals surface area contributed by atoms with E-state index in [2.05, 4.69) is 27.8 Å². The van der Waals surface area contributed by atoms with Gasteiger partial charge in [0.15, 0.2) is 0 Å². The summed E-state index contributed by atoms with van der Waals surface area (Å²) >= 11 is 10.3. The molecule has 1 aliphatic heterocycles. The van der Waals surface area contributed by atoms with E-state index in [4.69, 9.17) is 11.6 Å². The van der Waals surface area contributed by atoms with Crippen LogP contribution in [-0.2, 0) is 10.0 Å². The fraction of sp³-hybridized carbons (Fsp3) is 0.600. The largest absolute Gasteiger partial charge is 0.301 e. The topological polar surface area (TPSA) is 40.6 Å². The molecule has 1 aromatic rings. The van der Waals surface area contributed by atoms with E-state index in [1.54, 1.807) is 0 Å². The Morgan fingerprint density at radius 2 is 2.00 bits per heavy atom. The number of sulfonamides is 1. The maximum absolute atomic E-state index is 12.4. The van der Waals surface area contributed by atoms with E-state index in [9.17, 15) is 8.42 Å². The van der Waals surface area contributed by atoms with E-state index < -0.39 is 10.0 Å². The predicted molar refractivity (Wildman–Crippen MR) is 77.9 cm³/mol. The summed E-state index contributed by atoms with van der Waals surface area (Å²) in [5, 5.41) is 0.450. The SMILES string of the molecule is CCN1CCN(S(=O)(=O)c2cc(Cl)c(Br)s2)CC1. The van der Waals surface area contributed by atoms with E-state index in [-0.39, 0.29) is 0 Å². The number of hydrogen-bond donors (Lipinski definition) is 0. The van der Waals surface area contributed by atoms with Crippen LogP contribution in [0.2, 0.25) is 5.02 Å². The molecule has 1 aromatic heterocycles. The second-order valence-corrected chi connectivity index (χ2v) is 8.97. The summed E-state index contributed by atoms with van der Waals surface area (Å²) in [4.78, 5) is 2.24. The van der Waals surface area contributed by atoms with Crippen LogP contribution in [0.1, 0.15) is 6.92 Å². The highest BCUT2D eigenvalue weighted by molar-refractivity contribution is 9.11. The zero-order valence-corrected chi connectivity index (χ0v) is 13.9. The number of thiophene rings is 1. The molecule has 4 nitrogen and oxygen atoms in total. The average Bonchev–Trinajstić information content (AvgIpc) is 2.70. The minimum atomic E-state index is -3.38. The lowest BCUT2D eigenvalue weighted by atomic mass is 10.4. The molecule has 0 radical (unpaired) electrons. The Morgan fingerprint density at radius 3 is 2.44 bits per heavy atom. The second-order valence-electron chi connectivity index (χ2n) is 4.03. The van der Waals surface area contributed by atoms with Crippen molar-refractivity contribution in [3.05, 3.63) is 14.9 Å².